The zero-order chi connectivity index (χ0) is 14.3. The number of carbonyl (C=O) groups excluding carboxylic acids is 1. The lowest BCUT2D eigenvalue weighted by Crippen LogP contribution is -2.00. The van der Waals surface area contributed by atoms with Gasteiger partial charge in [-0.15, -0.1) is 0 Å². The van der Waals surface area contributed by atoms with Crippen LogP contribution < -0.4 is 0 Å². The summed E-state index contributed by atoms with van der Waals surface area (Å²) in [6.45, 7) is 0. The van der Waals surface area contributed by atoms with Crippen molar-refractivity contribution in [2.75, 3.05) is 5.33 Å². The molecule has 0 aliphatic rings. The molecule has 0 unspecified atom stereocenters. The molecule has 0 heterocycles. The Bertz CT molecular complexity index is 843. The van der Waals surface area contributed by atoms with Crippen LogP contribution in [-0.4, -0.2) is 11.1 Å². The molecule has 4 heteroatoms. The number of ketones is 1. The van der Waals surface area contributed by atoms with Gasteiger partial charge in [-0.25, -0.2) is 0 Å². The SMILES string of the molecule is O=C(CBr)c1cccc2c1ccc1cc(Cl)c(Cl)cc12. The Labute approximate surface area is 134 Å². The lowest BCUT2D eigenvalue weighted by Gasteiger charge is -2.09. The summed E-state index contributed by atoms with van der Waals surface area (Å²) in [4.78, 5) is 12.0. The summed E-state index contributed by atoms with van der Waals surface area (Å²) < 4.78 is 0. The van der Waals surface area contributed by atoms with Crippen LogP contribution in [0.5, 0.6) is 0 Å². The highest BCUT2D eigenvalue weighted by atomic mass is 79.9. The van der Waals surface area contributed by atoms with Gasteiger partial charge in [0, 0.05) is 5.56 Å². The lowest BCUT2D eigenvalue weighted by molar-refractivity contribution is 0.102. The molecule has 0 bridgehead atoms. The van der Waals surface area contributed by atoms with Gasteiger partial charge in [-0.1, -0.05) is 69.5 Å². The lowest BCUT2D eigenvalue weighted by atomic mass is 9.97. The fourth-order valence-electron chi connectivity index (χ4n) is 2.40. The Morgan fingerprint density at radius 3 is 2.45 bits per heavy atom. The average Bonchev–Trinajstić information content (AvgIpc) is 2.47. The van der Waals surface area contributed by atoms with Crippen molar-refractivity contribution < 1.29 is 4.79 Å². The van der Waals surface area contributed by atoms with Gasteiger partial charge >= 0.3 is 0 Å². The zero-order valence-electron chi connectivity index (χ0n) is 10.3. The first-order valence-corrected chi connectivity index (χ1v) is 7.89. The van der Waals surface area contributed by atoms with Crippen molar-refractivity contribution in [3.63, 3.8) is 0 Å². The third-order valence-electron chi connectivity index (χ3n) is 3.34. The summed E-state index contributed by atoms with van der Waals surface area (Å²) in [6.07, 6.45) is 0. The first-order valence-electron chi connectivity index (χ1n) is 6.01. The normalized spacial score (nSPS) is 11.2. The Morgan fingerprint density at radius 2 is 1.70 bits per heavy atom. The molecule has 1 nitrogen and oxygen atoms in total. The van der Waals surface area contributed by atoms with E-state index in [9.17, 15) is 4.79 Å². The molecule has 0 aliphatic carbocycles. The van der Waals surface area contributed by atoms with Crippen LogP contribution in [0.1, 0.15) is 10.4 Å². The topological polar surface area (TPSA) is 17.1 Å². The van der Waals surface area contributed by atoms with Crippen molar-refractivity contribution in [3.8, 4) is 0 Å². The van der Waals surface area contributed by atoms with E-state index < -0.39 is 0 Å². The quantitative estimate of drug-likeness (QED) is 0.314. The predicted molar refractivity (Wildman–Crippen MR) is 89.6 cm³/mol. The molecule has 0 atom stereocenters. The minimum Gasteiger partial charge on any atom is -0.293 e. The monoisotopic (exact) mass is 366 g/mol. The molecule has 0 aromatic heterocycles. The van der Waals surface area contributed by atoms with E-state index in [1.165, 1.54) is 0 Å². The number of hydrogen-bond acceptors (Lipinski definition) is 1. The smallest absolute Gasteiger partial charge is 0.173 e. The molecule has 0 aliphatic heterocycles. The number of alkyl halides is 1. The van der Waals surface area contributed by atoms with E-state index in [1.807, 2.05) is 42.5 Å². The molecule has 0 fully saturated rings. The van der Waals surface area contributed by atoms with Gasteiger partial charge in [-0.05, 0) is 33.7 Å². The van der Waals surface area contributed by atoms with Crippen molar-refractivity contribution in [1.82, 2.24) is 0 Å². The fourth-order valence-corrected chi connectivity index (χ4v) is 3.04. The van der Waals surface area contributed by atoms with Gasteiger partial charge < -0.3 is 0 Å². The second kappa shape index (κ2) is 5.36. The van der Waals surface area contributed by atoms with Crippen LogP contribution in [0.2, 0.25) is 10.0 Å². The van der Waals surface area contributed by atoms with Crippen molar-refractivity contribution in [1.29, 1.82) is 0 Å². The molecule has 3 rings (SSSR count). The van der Waals surface area contributed by atoms with Crippen molar-refractivity contribution in [3.05, 3.63) is 58.1 Å². The van der Waals surface area contributed by atoms with Gasteiger partial charge in [0.2, 0.25) is 0 Å². The first kappa shape index (κ1) is 13.9. The van der Waals surface area contributed by atoms with E-state index in [0.717, 1.165) is 21.5 Å². The summed E-state index contributed by atoms with van der Waals surface area (Å²) in [7, 11) is 0. The van der Waals surface area contributed by atoms with Crippen molar-refractivity contribution in [2.45, 2.75) is 0 Å². The number of Topliss-reactive ketones (excluding diaryl/α,β-unsaturated/α-hetero) is 1. The van der Waals surface area contributed by atoms with Crippen LogP contribution in [0.3, 0.4) is 0 Å². The molecule has 0 saturated carbocycles. The number of benzene rings is 3. The Hall–Kier alpha value is -1.09. The van der Waals surface area contributed by atoms with Crippen LogP contribution in [0.25, 0.3) is 21.5 Å². The van der Waals surface area contributed by atoms with Crippen LogP contribution in [0.15, 0.2) is 42.5 Å². The summed E-state index contributed by atoms with van der Waals surface area (Å²) >= 11 is 15.4. The number of fused-ring (bicyclic) bond motifs is 3. The number of hydrogen-bond donors (Lipinski definition) is 0. The van der Waals surface area contributed by atoms with E-state index in [-0.39, 0.29) is 5.78 Å². The van der Waals surface area contributed by atoms with E-state index >= 15 is 0 Å². The van der Waals surface area contributed by atoms with Gasteiger partial charge in [0.25, 0.3) is 0 Å². The maximum absolute atomic E-state index is 12.0. The Morgan fingerprint density at radius 1 is 0.950 bits per heavy atom. The minimum absolute atomic E-state index is 0.0648. The molecular formula is C16H9BrCl2O. The number of rotatable bonds is 2. The van der Waals surface area contributed by atoms with Crippen LogP contribution in [0.4, 0.5) is 0 Å². The highest BCUT2D eigenvalue weighted by Crippen LogP contribution is 2.33. The van der Waals surface area contributed by atoms with Crippen molar-refractivity contribution >= 4 is 66.5 Å². The van der Waals surface area contributed by atoms with E-state index in [1.54, 1.807) is 0 Å². The van der Waals surface area contributed by atoms with Gasteiger partial charge in [-0.3, -0.25) is 4.79 Å². The average molecular weight is 368 g/mol. The Balaban J connectivity index is 2.43. The van der Waals surface area contributed by atoms with Crippen LogP contribution in [0, 0.1) is 0 Å². The van der Waals surface area contributed by atoms with Gasteiger partial charge in [0.1, 0.15) is 0 Å². The predicted octanol–water partition coefficient (Wildman–Crippen LogP) is 5.88. The summed E-state index contributed by atoms with van der Waals surface area (Å²) in [5, 5.41) is 5.31. The molecule has 0 amide bonds. The summed E-state index contributed by atoms with van der Waals surface area (Å²) in [5.74, 6) is 0.0648. The number of carbonyl (C=O) groups is 1. The molecular weight excluding hydrogens is 359 g/mol. The van der Waals surface area contributed by atoms with Gasteiger partial charge in [0.05, 0.1) is 15.4 Å². The summed E-state index contributed by atoms with van der Waals surface area (Å²) in [6, 6.07) is 13.3. The minimum atomic E-state index is 0.0648. The Kier molecular flexibility index (Phi) is 3.72. The fraction of sp³-hybridized carbons (Fsp3) is 0.0625. The largest absolute Gasteiger partial charge is 0.293 e. The third-order valence-corrected chi connectivity index (χ3v) is 4.57. The maximum atomic E-state index is 12.0. The van der Waals surface area contributed by atoms with Gasteiger partial charge in [-0.2, -0.15) is 0 Å². The molecule has 100 valence electrons. The summed E-state index contributed by atoms with van der Waals surface area (Å²) in [5.41, 5.74) is 0.715. The molecule has 0 radical (unpaired) electrons. The molecule has 0 N–H and O–H groups in total. The third kappa shape index (κ3) is 2.22. The standard InChI is InChI=1S/C16H9BrCl2O/c17-8-16(20)12-3-1-2-10-11(12)5-4-9-6-14(18)15(19)7-13(9)10/h1-7H,8H2. The zero-order valence-corrected chi connectivity index (χ0v) is 13.4. The molecule has 0 saturated heterocycles. The number of halogens is 3. The molecule has 20 heavy (non-hydrogen) atoms. The second-order valence-corrected chi connectivity index (χ2v) is 5.89. The second-order valence-electron chi connectivity index (χ2n) is 4.51. The highest BCUT2D eigenvalue weighted by molar-refractivity contribution is 9.09. The molecule has 3 aromatic carbocycles. The van der Waals surface area contributed by atoms with E-state index in [2.05, 4.69) is 15.9 Å². The van der Waals surface area contributed by atoms with Crippen molar-refractivity contribution in [2.24, 2.45) is 0 Å². The van der Waals surface area contributed by atoms with Gasteiger partial charge in [0.15, 0.2) is 5.78 Å². The van der Waals surface area contributed by atoms with Crippen LogP contribution in [-0.2, 0) is 0 Å². The van der Waals surface area contributed by atoms with E-state index in [4.69, 9.17) is 23.2 Å². The molecule has 3 aromatic rings. The highest BCUT2D eigenvalue weighted by Gasteiger charge is 2.11. The first-order chi connectivity index (χ1) is 9.61. The molecule has 0 spiro atoms. The van der Waals surface area contributed by atoms with Crippen LogP contribution >= 0.6 is 39.1 Å². The maximum Gasteiger partial charge on any atom is 0.173 e. The van der Waals surface area contributed by atoms with E-state index in [0.29, 0.717) is 20.9 Å².